The fraction of sp³-hybridized carbons (Fsp3) is 0.797. The van der Waals surface area contributed by atoms with Crippen LogP contribution in [0, 0.1) is 0 Å². The molecular weight excluding hydrogens is 803 g/mol. The molecule has 0 spiro atoms. The summed E-state index contributed by atoms with van der Waals surface area (Å²) in [5.41, 5.74) is 0. The average molecular weight is 911 g/mol. The van der Waals surface area contributed by atoms with Crippen molar-refractivity contribution in [3.05, 3.63) is 60.8 Å². The summed E-state index contributed by atoms with van der Waals surface area (Å²) in [4.78, 5) is 26.2. The van der Waals surface area contributed by atoms with Crippen molar-refractivity contribution in [1.82, 2.24) is 5.32 Å². The summed E-state index contributed by atoms with van der Waals surface area (Å²) in [6.07, 6.45) is 65.7. The monoisotopic (exact) mass is 910 g/mol. The number of ether oxygens (including phenoxy) is 1. The van der Waals surface area contributed by atoms with Gasteiger partial charge in [0.1, 0.15) is 6.10 Å². The summed E-state index contributed by atoms with van der Waals surface area (Å²) in [6, 6.07) is -0.720. The van der Waals surface area contributed by atoms with Gasteiger partial charge in [0.25, 0.3) is 0 Å². The van der Waals surface area contributed by atoms with Gasteiger partial charge in [0.05, 0.1) is 25.2 Å². The van der Waals surface area contributed by atoms with Gasteiger partial charge in [0.15, 0.2) is 0 Å². The third-order valence-electron chi connectivity index (χ3n) is 12.6. The topological polar surface area (TPSA) is 95.9 Å². The number of allylic oxidation sites excluding steroid dienone is 10. The molecule has 0 rings (SSSR count). The van der Waals surface area contributed by atoms with Gasteiger partial charge in [-0.25, -0.2) is 0 Å². The minimum Gasteiger partial charge on any atom is -0.462 e. The quantitative estimate of drug-likeness (QED) is 0.0321. The molecule has 0 aliphatic heterocycles. The summed E-state index contributed by atoms with van der Waals surface area (Å²) in [7, 11) is 0. The molecule has 0 aliphatic carbocycles. The van der Waals surface area contributed by atoms with Crippen LogP contribution < -0.4 is 5.32 Å². The largest absolute Gasteiger partial charge is 0.462 e. The third kappa shape index (κ3) is 47.8. The Balaban J connectivity index is 4.65. The van der Waals surface area contributed by atoms with Crippen LogP contribution in [0.2, 0.25) is 0 Å². The van der Waals surface area contributed by atoms with Crippen LogP contribution in [0.25, 0.3) is 0 Å². The van der Waals surface area contributed by atoms with Crippen LogP contribution in [0.5, 0.6) is 0 Å². The number of hydrogen-bond donors (Lipinski definition) is 3. The smallest absolute Gasteiger partial charge is 0.306 e. The summed E-state index contributed by atoms with van der Waals surface area (Å²) in [5, 5.41) is 23.8. The van der Waals surface area contributed by atoms with Crippen molar-refractivity contribution in [2.24, 2.45) is 0 Å². The molecule has 0 saturated carbocycles. The molecular formula is C59H107NO5. The first kappa shape index (κ1) is 62.6. The Bertz CT molecular complexity index is 1160. The standard InChI is InChI=1S/C59H107NO5/c1-4-7-10-13-16-19-22-25-28-29-31-32-35-38-41-44-47-50-55(65-59(64)52-49-46-43-40-37-34-27-24-21-18-15-12-9-6-3)53-58(63)60-56(54-61)57(62)51-48-45-42-39-36-33-30-26-23-20-17-14-11-8-5-2/h7,10,16,19,25,28,31-32,38,41,55-57,61-62H,4-6,8-9,11-15,17-18,20-24,26-27,29-30,33-37,39-40,42-54H2,1-3H3,(H,60,63)/b10-7-,19-16-,28-25-,32-31-,41-38-. The normalized spacial score (nSPS) is 13.6. The number of unbranched alkanes of at least 4 members (excludes halogenated alkanes) is 28. The van der Waals surface area contributed by atoms with Crippen molar-refractivity contribution < 1.29 is 24.5 Å². The summed E-state index contributed by atoms with van der Waals surface area (Å²) in [5.74, 6) is -0.521. The average Bonchev–Trinajstić information content (AvgIpc) is 3.30. The van der Waals surface area contributed by atoms with Gasteiger partial charge in [0, 0.05) is 6.42 Å². The molecule has 3 N–H and O–H groups in total. The molecule has 3 unspecified atom stereocenters. The Hall–Kier alpha value is -2.44. The maximum absolute atomic E-state index is 13.2. The second kappa shape index (κ2) is 52.5. The molecule has 65 heavy (non-hydrogen) atoms. The van der Waals surface area contributed by atoms with Gasteiger partial charge in [-0.15, -0.1) is 0 Å². The molecule has 0 aliphatic rings. The van der Waals surface area contributed by atoms with Gasteiger partial charge in [-0.2, -0.15) is 0 Å². The van der Waals surface area contributed by atoms with Gasteiger partial charge < -0.3 is 20.3 Å². The van der Waals surface area contributed by atoms with Crippen molar-refractivity contribution in [2.45, 2.75) is 296 Å². The SMILES string of the molecule is CC/C=C\C/C=C\C/C=C\C/C=C\C/C=C\CCCC(CC(=O)NC(CO)C(O)CCCCCCCCCCCCCCCCC)OC(=O)CCCCCCCCCCCCCCCC. The Morgan fingerprint density at radius 3 is 1.23 bits per heavy atom. The highest BCUT2D eigenvalue weighted by atomic mass is 16.5. The number of carbonyl (C=O) groups excluding carboxylic acids is 2. The molecule has 0 aromatic rings. The fourth-order valence-electron chi connectivity index (χ4n) is 8.41. The highest BCUT2D eigenvalue weighted by Gasteiger charge is 2.24. The van der Waals surface area contributed by atoms with E-state index in [-0.39, 0.29) is 24.9 Å². The van der Waals surface area contributed by atoms with E-state index in [9.17, 15) is 19.8 Å². The van der Waals surface area contributed by atoms with E-state index in [0.29, 0.717) is 19.3 Å². The number of carbonyl (C=O) groups is 2. The Morgan fingerprint density at radius 2 is 0.831 bits per heavy atom. The number of amides is 1. The molecule has 0 aromatic heterocycles. The van der Waals surface area contributed by atoms with Crippen molar-refractivity contribution in [3.63, 3.8) is 0 Å². The predicted molar refractivity (Wildman–Crippen MR) is 282 cm³/mol. The summed E-state index contributed by atoms with van der Waals surface area (Å²) >= 11 is 0. The maximum Gasteiger partial charge on any atom is 0.306 e. The number of rotatable bonds is 50. The maximum atomic E-state index is 13.2. The number of aliphatic hydroxyl groups excluding tert-OH is 2. The minimum absolute atomic E-state index is 0.0400. The lowest BCUT2D eigenvalue weighted by Gasteiger charge is -2.24. The van der Waals surface area contributed by atoms with Gasteiger partial charge >= 0.3 is 5.97 Å². The van der Waals surface area contributed by atoms with Crippen LogP contribution in [-0.4, -0.2) is 46.9 Å². The lowest BCUT2D eigenvalue weighted by atomic mass is 10.0. The van der Waals surface area contributed by atoms with Gasteiger partial charge in [0.2, 0.25) is 5.91 Å². The van der Waals surface area contributed by atoms with Crippen LogP contribution in [-0.2, 0) is 14.3 Å². The molecule has 0 radical (unpaired) electrons. The van der Waals surface area contributed by atoms with E-state index < -0.39 is 18.2 Å². The minimum atomic E-state index is -0.803. The first-order chi connectivity index (χ1) is 32.0. The van der Waals surface area contributed by atoms with Crippen LogP contribution in [0.3, 0.4) is 0 Å². The number of nitrogens with one attached hydrogen (secondary N) is 1. The second-order valence-electron chi connectivity index (χ2n) is 19.0. The fourth-order valence-corrected chi connectivity index (χ4v) is 8.41. The van der Waals surface area contributed by atoms with E-state index >= 15 is 0 Å². The van der Waals surface area contributed by atoms with E-state index in [1.807, 2.05) is 0 Å². The molecule has 3 atom stereocenters. The molecule has 0 heterocycles. The van der Waals surface area contributed by atoms with Crippen molar-refractivity contribution >= 4 is 11.9 Å². The zero-order chi connectivity index (χ0) is 47.4. The molecule has 6 heteroatoms. The number of esters is 1. The lowest BCUT2D eigenvalue weighted by Crippen LogP contribution is -2.46. The van der Waals surface area contributed by atoms with E-state index in [1.165, 1.54) is 148 Å². The second-order valence-corrected chi connectivity index (χ2v) is 19.0. The Labute approximate surface area is 403 Å². The zero-order valence-electron chi connectivity index (χ0n) is 43.1. The highest BCUT2D eigenvalue weighted by Crippen LogP contribution is 2.18. The van der Waals surface area contributed by atoms with Crippen molar-refractivity contribution in [2.75, 3.05) is 6.61 Å². The first-order valence-corrected chi connectivity index (χ1v) is 28.0. The molecule has 0 saturated heterocycles. The van der Waals surface area contributed by atoms with Crippen molar-refractivity contribution in [3.8, 4) is 0 Å². The van der Waals surface area contributed by atoms with Gasteiger partial charge in [-0.3, -0.25) is 9.59 Å². The zero-order valence-corrected chi connectivity index (χ0v) is 43.1. The molecule has 0 bridgehead atoms. The molecule has 378 valence electrons. The van der Waals surface area contributed by atoms with Crippen LogP contribution in [0.1, 0.15) is 278 Å². The molecule has 6 nitrogen and oxygen atoms in total. The number of aliphatic hydroxyl groups is 2. The Morgan fingerprint density at radius 1 is 0.462 bits per heavy atom. The number of hydrogen-bond acceptors (Lipinski definition) is 5. The predicted octanol–water partition coefficient (Wildman–Crippen LogP) is 17.2. The lowest BCUT2D eigenvalue weighted by molar-refractivity contribution is -0.151. The highest BCUT2D eigenvalue weighted by molar-refractivity contribution is 5.77. The summed E-state index contributed by atoms with van der Waals surface area (Å²) < 4.78 is 5.93. The molecule has 1 amide bonds. The first-order valence-electron chi connectivity index (χ1n) is 28.0. The van der Waals surface area contributed by atoms with E-state index in [1.54, 1.807) is 0 Å². The van der Waals surface area contributed by atoms with Crippen LogP contribution in [0.15, 0.2) is 60.8 Å². The summed E-state index contributed by atoms with van der Waals surface area (Å²) in [6.45, 7) is 6.38. The van der Waals surface area contributed by atoms with Gasteiger partial charge in [-0.05, 0) is 64.2 Å². The van der Waals surface area contributed by atoms with E-state index in [0.717, 1.165) is 83.5 Å². The van der Waals surface area contributed by atoms with E-state index in [4.69, 9.17) is 4.74 Å². The third-order valence-corrected chi connectivity index (χ3v) is 12.6. The van der Waals surface area contributed by atoms with Crippen LogP contribution >= 0.6 is 0 Å². The van der Waals surface area contributed by atoms with Crippen LogP contribution in [0.4, 0.5) is 0 Å². The Kier molecular flexibility index (Phi) is 50.6. The van der Waals surface area contributed by atoms with Crippen molar-refractivity contribution in [1.29, 1.82) is 0 Å². The van der Waals surface area contributed by atoms with E-state index in [2.05, 4.69) is 86.8 Å². The molecule has 0 fully saturated rings. The molecule has 0 aromatic carbocycles. The van der Waals surface area contributed by atoms with Gasteiger partial charge in [-0.1, -0.05) is 261 Å².